The molecule has 0 radical (unpaired) electrons. The second-order valence-corrected chi connectivity index (χ2v) is 10.3. The molecule has 0 spiro atoms. The topological polar surface area (TPSA) is 62.2 Å². The molecule has 0 aromatic heterocycles. The van der Waals surface area contributed by atoms with Crippen LogP contribution in [0.1, 0.15) is 63.7 Å². The highest BCUT2D eigenvalue weighted by molar-refractivity contribution is 5.95. The Morgan fingerprint density at radius 1 is 0.971 bits per heavy atom. The average molecular weight is 467 g/mol. The number of aliphatic hydroxyl groups excluding tert-OH is 1. The van der Waals surface area contributed by atoms with Crippen molar-refractivity contribution < 1.29 is 19.4 Å². The number of carbonyl (C=O) groups is 1. The van der Waals surface area contributed by atoms with Crippen molar-refractivity contribution in [2.75, 3.05) is 19.7 Å². The first-order valence-electron chi connectivity index (χ1n) is 12.5. The predicted octanol–water partition coefficient (Wildman–Crippen LogP) is 4.91. The standard InChI is InChI=1S/C28H38N2O4/c1-5-33-25-14-10-21(11-15-25)20-6-8-22(9-7-20)26(31)30(23-12-13-23)24-16-18-29(19-17-24)27(32)34-28(2,3)4/h6-11,14-15,23-24,27,32H,5,12-13,16-19H2,1-4H3. The largest absolute Gasteiger partial charge is 0.494 e. The second kappa shape index (κ2) is 10.5. The van der Waals surface area contributed by atoms with Crippen LogP contribution in [0.2, 0.25) is 0 Å². The Morgan fingerprint density at radius 3 is 2.00 bits per heavy atom. The number of rotatable bonds is 8. The summed E-state index contributed by atoms with van der Waals surface area (Å²) in [6.45, 7) is 9.89. The number of benzene rings is 2. The first-order chi connectivity index (χ1) is 16.2. The summed E-state index contributed by atoms with van der Waals surface area (Å²) in [4.78, 5) is 17.6. The number of hydrogen-bond donors (Lipinski definition) is 1. The molecule has 6 heteroatoms. The number of nitrogens with zero attached hydrogens (tertiary/aromatic N) is 2. The van der Waals surface area contributed by atoms with Gasteiger partial charge in [-0.2, -0.15) is 0 Å². The minimum atomic E-state index is -0.902. The van der Waals surface area contributed by atoms with Gasteiger partial charge >= 0.3 is 0 Å². The summed E-state index contributed by atoms with van der Waals surface area (Å²) in [7, 11) is 0. The van der Waals surface area contributed by atoms with Gasteiger partial charge in [0.15, 0.2) is 0 Å². The number of likely N-dealkylation sites (tertiary alicyclic amines) is 1. The smallest absolute Gasteiger partial charge is 0.254 e. The average Bonchev–Trinajstić information content (AvgIpc) is 3.64. The molecule has 1 aliphatic carbocycles. The van der Waals surface area contributed by atoms with Gasteiger partial charge in [0.05, 0.1) is 12.2 Å². The molecule has 184 valence electrons. The van der Waals surface area contributed by atoms with E-state index in [4.69, 9.17) is 9.47 Å². The molecular formula is C28H38N2O4. The van der Waals surface area contributed by atoms with Crippen LogP contribution in [-0.2, 0) is 4.74 Å². The van der Waals surface area contributed by atoms with Gasteiger partial charge in [0.1, 0.15) is 5.75 Å². The van der Waals surface area contributed by atoms with Crippen molar-refractivity contribution in [3.63, 3.8) is 0 Å². The highest BCUT2D eigenvalue weighted by Gasteiger charge is 2.39. The zero-order valence-electron chi connectivity index (χ0n) is 20.9. The highest BCUT2D eigenvalue weighted by Crippen LogP contribution is 2.34. The van der Waals surface area contributed by atoms with Crippen LogP contribution in [0.15, 0.2) is 48.5 Å². The summed E-state index contributed by atoms with van der Waals surface area (Å²) in [6.07, 6.45) is 2.94. The van der Waals surface area contributed by atoms with E-state index >= 15 is 0 Å². The summed E-state index contributed by atoms with van der Waals surface area (Å²) in [6, 6.07) is 16.5. The zero-order chi connectivity index (χ0) is 24.3. The van der Waals surface area contributed by atoms with Crippen LogP contribution in [0.25, 0.3) is 11.1 Å². The van der Waals surface area contributed by atoms with Crippen molar-refractivity contribution in [3.8, 4) is 16.9 Å². The van der Waals surface area contributed by atoms with E-state index in [1.165, 1.54) is 0 Å². The van der Waals surface area contributed by atoms with Gasteiger partial charge in [-0.1, -0.05) is 24.3 Å². The SMILES string of the molecule is CCOc1ccc(-c2ccc(C(=O)N(C3CC3)C3CCN(C(O)OC(C)(C)C)CC3)cc2)cc1. The van der Waals surface area contributed by atoms with Crippen LogP contribution in [0, 0.1) is 0 Å². The van der Waals surface area contributed by atoms with E-state index in [2.05, 4.69) is 4.90 Å². The molecule has 2 aromatic rings. The number of aliphatic hydroxyl groups is 1. The molecule has 0 bridgehead atoms. The van der Waals surface area contributed by atoms with Crippen molar-refractivity contribution in [1.29, 1.82) is 0 Å². The van der Waals surface area contributed by atoms with Crippen LogP contribution in [0.5, 0.6) is 5.75 Å². The minimum absolute atomic E-state index is 0.116. The molecule has 6 nitrogen and oxygen atoms in total. The summed E-state index contributed by atoms with van der Waals surface area (Å²) < 4.78 is 11.2. The molecule has 1 heterocycles. The highest BCUT2D eigenvalue weighted by atomic mass is 16.6. The monoisotopic (exact) mass is 466 g/mol. The third-order valence-corrected chi connectivity index (χ3v) is 6.47. The fourth-order valence-corrected chi connectivity index (χ4v) is 4.62. The zero-order valence-corrected chi connectivity index (χ0v) is 20.9. The lowest BCUT2D eigenvalue weighted by Crippen LogP contribution is -2.52. The molecule has 1 atom stereocenters. The lowest BCUT2D eigenvalue weighted by atomic mass is 10.00. The number of amides is 1. The van der Waals surface area contributed by atoms with Crippen LogP contribution >= 0.6 is 0 Å². The fraction of sp³-hybridized carbons (Fsp3) is 0.536. The third-order valence-electron chi connectivity index (χ3n) is 6.47. The molecule has 4 rings (SSSR count). The second-order valence-electron chi connectivity index (χ2n) is 10.3. The van der Waals surface area contributed by atoms with Crippen molar-refractivity contribution in [1.82, 2.24) is 9.80 Å². The van der Waals surface area contributed by atoms with Gasteiger partial charge in [-0.3, -0.25) is 9.69 Å². The van der Waals surface area contributed by atoms with Gasteiger partial charge in [-0.05, 0) is 88.8 Å². The molecule has 34 heavy (non-hydrogen) atoms. The molecule has 1 saturated carbocycles. The van der Waals surface area contributed by atoms with E-state index < -0.39 is 12.0 Å². The van der Waals surface area contributed by atoms with Gasteiger partial charge in [0, 0.05) is 30.7 Å². The lowest BCUT2D eigenvalue weighted by molar-refractivity contribution is -0.243. The van der Waals surface area contributed by atoms with E-state index in [1.54, 1.807) is 0 Å². The molecule has 1 aliphatic heterocycles. The van der Waals surface area contributed by atoms with Crippen LogP contribution in [0.3, 0.4) is 0 Å². The van der Waals surface area contributed by atoms with Crippen molar-refractivity contribution in [2.24, 2.45) is 0 Å². The summed E-state index contributed by atoms with van der Waals surface area (Å²) in [5, 5.41) is 10.4. The normalized spacial score (nSPS) is 18.5. The Balaban J connectivity index is 1.40. The molecule has 1 unspecified atom stereocenters. The maximum Gasteiger partial charge on any atom is 0.254 e. The Kier molecular flexibility index (Phi) is 7.60. The van der Waals surface area contributed by atoms with E-state index in [0.717, 1.165) is 61.2 Å². The fourth-order valence-electron chi connectivity index (χ4n) is 4.62. The van der Waals surface area contributed by atoms with Crippen LogP contribution in [-0.4, -0.2) is 64.6 Å². The Bertz CT molecular complexity index is 940. The quantitative estimate of drug-likeness (QED) is 0.560. The number of hydrogen-bond acceptors (Lipinski definition) is 5. The lowest BCUT2D eigenvalue weighted by Gasteiger charge is -2.41. The van der Waals surface area contributed by atoms with E-state index in [1.807, 2.05) is 81.1 Å². The maximum atomic E-state index is 13.5. The molecule has 2 aromatic carbocycles. The van der Waals surface area contributed by atoms with Gasteiger partial charge in [-0.25, -0.2) is 0 Å². The van der Waals surface area contributed by atoms with E-state index in [0.29, 0.717) is 12.6 Å². The van der Waals surface area contributed by atoms with E-state index in [-0.39, 0.29) is 11.9 Å². The Morgan fingerprint density at radius 2 is 1.50 bits per heavy atom. The van der Waals surface area contributed by atoms with Crippen LogP contribution < -0.4 is 4.74 Å². The van der Waals surface area contributed by atoms with Gasteiger partial charge in [0.2, 0.25) is 6.41 Å². The molecule has 2 fully saturated rings. The van der Waals surface area contributed by atoms with E-state index in [9.17, 15) is 9.90 Å². The van der Waals surface area contributed by atoms with Crippen LogP contribution in [0.4, 0.5) is 0 Å². The number of piperidine rings is 1. The minimum Gasteiger partial charge on any atom is -0.494 e. The summed E-state index contributed by atoms with van der Waals surface area (Å²) in [5.74, 6) is 0.979. The van der Waals surface area contributed by atoms with Crippen molar-refractivity contribution in [3.05, 3.63) is 54.1 Å². The molecular weight excluding hydrogens is 428 g/mol. The van der Waals surface area contributed by atoms with Crippen molar-refractivity contribution in [2.45, 2.75) is 77.5 Å². The van der Waals surface area contributed by atoms with Crippen molar-refractivity contribution >= 4 is 5.91 Å². The summed E-state index contributed by atoms with van der Waals surface area (Å²) in [5.41, 5.74) is 2.52. The van der Waals surface area contributed by atoms with Gasteiger partial charge < -0.3 is 19.5 Å². The van der Waals surface area contributed by atoms with Gasteiger partial charge in [-0.15, -0.1) is 0 Å². The summed E-state index contributed by atoms with van der Waals surface area (Å²) >= 11 is 0. The molecule has 1 N–H and O–H groups in total. The van der Waals surface area contributed by atoms with Gasteiger partial charge in [0.25, 0.3) is 5.91 Å². The first kappa shape index (κ1) is 24.7. The Hall–Kier alpha value is -2.41. The maximum absolute atomic E-state index is 13.5. The molecule has 1 saturated heterocycles. The molecule has 1 amide bonds. The first-order valence-corrected chi connectivity index (χ1v) is 12.5. The number of carbonyl (C=O) groups excluding carboxylic acids is 1. The number of ether oxygens (including phenoxy) is 2. The predicted molar refractivity (Wildman–Crippen MR) is 134 cm³/mol. The Labute approximate surface area is 203 Å². The third kappa shape index (κ3) is 6.17. The molecule has 2 aliphatic rings.